The van der Waals surface area contributed by atoms with Crippen molar-refractivity contribution >= 4 is 15.9 Å². The van der Waals surface area contributed by atoms with E-state index in [4.69, 9.17) is 26.9 Å². The number of hydrogen-bond donors (Lipinski definition) is 4. The van der Waals surface area contributed by atoms with Gasteiger partial charge in [0.25, 0.3) is 0 Å². The van der Waals surface area contributed by atoms with Gasteiger partial charge in [0.1, 0.15) is 0 Å². The number of aliphatic hydroxyl groups is 2. The van der Waals surface area contributed by atoms with E-state index in [0.717, 1.165) is 58.0 Å². The maximum Gasteiger partial charge on any atom is 0.242 e. The number of hydrogen-bond acceptors (Lipinski definition) is 6. The molecule has 0 aromatic rings. The Morgan fingerprint density at radius 2 is 1.07 bits per heavy atom. The third-order valence-electron chi connectivity index (χ3n) is 3.13. The molecule has 44 heavy (non-hydrogen) atoms. The molecule has 0 rings (SSSR count). The molecule has 0 aliphatic heterocycles. The minimum Gasteiger partial charge on any atom is -0.396 e. The van der Waals surface area contributed by atoms with E-state index in [2.05, 4.69) is 41.4 Å². The predicted molar refractivity (Wildman–Crippen MR) is 194 cm³/mol. The van der Waals surface area contributed by atoms with E-state index in [1.807, 2.05) is 47.6 Å². The van der Waals surface area contributed by atoms with E-state index < -0.39 is 12.1 Å². The first kappa shape index (κ1) is 70.0. The summed E-state index contributed by atoms with van der Waals surface area (Å²) in [6.45, 7) is 26.4. The second-order valence-corrected chi connectivity index (χ2v) is 9.93. The third-order valence-corrected chi connectivity index (χ3v) is 3.93. The first-order valence-corrected chi connectivity index (χ1v) is 17.2. The smallest absolute Gasteiger partial charge is 0.242 e. The van der Waals surface area contributed by atoms with Crippen LogP contribution in [0.2, 0.25) is 0 Å². The molecule has 0 saturated heterocycles. The molecule has 6 N–H and O–H groups in total. The molecule has 0 bridgehead atoms. The Morgan fingerprint density at radius 3 is 1.07 bits per heavy atom. The van der Waals surface area contributed by atoms with E-state index in [1.165, 1.54) is 6.42 Å². The Labute approximate surface area is 282 Å². The van der Waals surface area contributed by atoms with Gasteiger partial charge in [0.15, 0.2) is 0 Å². The number of nitrogens with two attached hydrogens (primary N) is 2. The van der Waals surface area contributed by atoms with Crippen LogP contribution in [0.25, 0.3) is 0 Å². The number of nitrogens with zero attached hydrogens (tertiary/aromatic N) is 1. The number of nitriles is 1. The van der Waals surface area contributed by atoms with Crippen molar-refractivity contribution in [1.82, 2.24) is 0 Å². The van der Waals surface area contributed by atoms with Gasteiger partial charge in [-0.2, -0.15) is 5.26 Å². The third kappa shape index (κ3) is 515. The molecule has 0 saturated carbocycles. The zero-order valence-corrected chi connectivity index (χ0v) is 33.3. The Balaban J connectivity index is -0.0000000366. The van der Waals surface area contributed by atoms with Crippen molar-refractivity contribution < 1.29 is 32.5 Å². The van der Waals surface area contributed by atoms with Crippen LogP contribution in [0.4, 0.5) is 17.6 Å². The van der Waals surface area contributed by atoms with Gasteiger partial charge in [0.2, 0.25) is 5.92 Å². The van der Waals surface area contributed by atoms with Crippen molar-refractivity contribution in [3.8, 4) is 6.07 Å². The van der Waals surface area contributed by atoms with Crippen molar-refractivity contribution in [2.45, 2.75) is 173 Å². The van der Waals surface area contributed by atoms with Gasteiger partial charge in [-0.15, -0.1) is 0 Å². The lowest BCUT2D eigenvalue weighted by atomic mass is 10.3. The fourth-order valence-corrected chi connectivity index (χ4v) is 0. The number of methoxy groups -OCH3 is 1. The fourth-order valence-electron chi connectivity index (χ4n) is 0. The van der Waals surface area contributed by atoms with Crippen molar-refractivity contribution in [3.63, 3.8) is 0 Å². The molecule has 6 nitrogen and oxygen atoms in total. The van der Waals surface area contributed by atoms with Crippen LogP contribution in [0, 0.1) is 11.3 Å². The Morgan fingerprint density at radius 1 is 0.864 bits per heavy atom. The van der Waals surface area contributed by atoms with Gasteiger partial charge in [0, 0.05) is 38.1 Å². The Kier molecular flexibility index (Phi) is 134. The summed E-state index contributed by atoms with van der Waals surface area (Å²) in [6, 6.07) is 2.31. The van der Waals surface area contributed by atoms with Crippen LogP contribution in [0.5, 0.6) is 0 Å². The molecule has 0 radical (unpaired) electrons. The van der Waals surface area contributed by atoms with Gasteiger partial charge in [-0.1, -0.05) is 71.3 Å². The van der Waals surface area contributed by atoms with Gasteiger partial charge in [-0.05, 0) is 93.0 Å². The van der Waals surface area contributed by atoms with Gasteiger partial charge in [-0.25, -0.2) is 13.2 Å². The van der Waals surface area contributed by atoms with Crippen LogP contribution in [-0.4, -0.2) is 73.3 Å². The molecule has 0 heterocycles. The SMILES string of the molecule is CC(C)(F)F.CCC#N.CCC(C)F.CCC(C)N.CCC(C)O.CCCBr.CCCF.CCCN.CCCO.CCOC. The van der Waals surface area contributed by atoms with Crippen molar-refractivity contribution in [1.29, 1.82) is 5.26 Å². The summed E-state index contributed by atoms with van der Waals surface area (Å²) < 4.78 is 48.7. The van der Waals surface area contributed by atoms with E-state index in [0.29, 0.717) is 31.9 Å². The highest BCUT2D eigenvalue weighted by molar-refractivity contribution is 9.09. The van der Waals surface area contributed by atoms with E-state index in [1.54, 1.807) is 27.9 Å². The lowest BCUT2D eigenvalue weighted by Gasteiger charge is -1.94. The molecule has 3 atom stereocenters. The maximum absolute atomic E-state index is 11.4. The molecule has 0 fully saturated rings. The molecular formula is C33H80BrF4N3O3. The quantitative estimate of drug-likeness (QED) is 0.146. The monoisotopic (exact) mass is 722 g/mol. The van der Waals surface area contributed by atoms with Crippen LogP contribution in [0.1, 0.15) is 148 Å². The van der Waals surface area contributed by atoms with Gasteiger partial charge < -0.3 is 26.4 Å². The molecule has 0 aromatic carbocycles. The summed E-state index contributed by atoms with van der Waals surface area (Å²) in [5.74, 6) is -2.50. The lowest BCUT2D eigenvalue weighted by Crippen LogP contribution is -2.11. The minimum absolute atomic E-state index is 0.116. The van der Waals surface area contributed by atoms with Crippen LogP contribution >= 0.6 is 15.9 Å². The van der Waals surface area contributed by atoms with Gasteiger partial charge in [0.05, 0.1) is 25.0 Å². The molecule has 0 aliphatic rings. The zero-order chi connectivity index (χ0) is 37.8. The molecule has 11 heteroatoms. The fraction of sp³-hybridized carbons (Fsp3) is 0.970. The molecule has 0 aromatic heterocycles. The number of halogens is 5. The standard InChI is InChI=1S/C4H9F.C4H11N.C4H10O.C3H7Br.C3H6F2.C3H7F.C3H9N.C3H5N.2C3H8O/c3*1-3-4(2)5;1-2-3-4;1-3(2,4)5;3*1-2-3-4;1-3-4-2;1-2-3-4/h4H,3H2,1-2H3;4H,3,5H2,1-2H3;4-5H,3H2,1-2H3;2-3H2,1H3;1-2H3;2-3H2,1H3;2-4H2,1H3;2H2,1H3;3H2,1-2H3;4H,2-3H2,1H3. The van der Waals surface area contributed by atoms with E-state index in [-0.39, 0.29) is 12.8 Å². The average molecular weight is 723 g/mol. The Hall–Kier alpha value is -0.510. The number of rotatable bonds is 8. The average Bonchev–Trinajstić information content (AvgIpc) is 3.01. The summed E-state index contributed by atoms with van der Waals surface area (Å²) in [4.78, 5) is 0. The van der Waals surface area contributed by atoms with E-state index >= 15 is 0 Å². The van der Waals surface area contributed by atoms with Crippen molar-refractivity contribution in [2.75, 3.05) is 38.9 Å². The first-order valence-electron chi connectivity index (χ1n) is 16.0. The highest BCUT2D eigenvalue weighted by atomic mass is 79.9. The minimum atomic E-state index is -2.50. The summed E-state index contributed by atoms with van der Waals surface area (Å²) in [5.41, 5.74) is 10.3. The highest BCUT2D eigenvalue weighted by Gasteiger charge is 2.08. The van der Waals surface area contributed by atoms with Crippen LogP contribution < -0.4 is 11.5 Å². The summed E-state index contributed by atoms with van der Waals surface area (Å²) in [6.07, 6.45) is 6.34. The first-order chi connectivity index (χ1) is 20.3. The van der Waals surface area contributed by atoms with Crippen LogP contribution in [0.15, 0.2) is 0 Å². The Bertz CT molecular complexity index is 332. The van der Waals surface area contributed by atoms with Crippen LogP contribution in [-0.2, 0) is 4.74 Å². The second kappa shape index (κ2) is 84.1. The largest absolute Gasteiger partial charge is 0.396 e. The molecule has 0 aliphatic carbocycles. The number of aliphatic hydroxyl groups excluding tert-OH is 2. The summed E-state index contributed by atoms with van der Waals surface area (Å²) in [5, 5.41) is 25.0. The maximum atomic E-state index is 11.4. The number of ether oxygens (including phenoxy) is 1. The van der Waals surface area contributed by atoms with Crippen molar-refractivity contribution in [2.24, 2.45) is 11.5 Å². The lowest BCUT2D eigenvalue weighted by molar-refractivity contribution is 0.0437. The summed E-state index contributed by atoms with van der Waals surface area (Å²) >= 11 is 3.25. The second-order valence-electron chi connectivity index (χ2n) is 9.14. The number of alkyl halides is 5. The van der Waals surface area contributed by atoms with Crippen LogP contribution in [0.3, 0.4) is 0 Å². The molecule has 3 unspecified atom stereocenters. The summed E-state index contributed by atoms with van der Waals surface area (Å²) in [7, 11) is 1.68. The normalized spacial score (nSPS) is 10.3. The van der Waals surface area contributed by atoms with Crippen molar-refractivity contribution in [3.05, 3.63) is 0 Å². The zero-order valence-electron chi connectivity index (χ0n) is 31.7. The van der Waals surface area contributed by atoms with E-state index in [9.17, 15) is 17.6 Å². The molecular weight excluding hydrogens is 642 g/mol. The molecule has 0 amide bonds. The van der Waals surface area contributed by atoms with Gasteiger partial charge >= 0.3 is 0 Å². The highest BCUT2D eigenvalue weighted by Crippen LogP contribution is 2.06. The predicted octanol–water partition coefficient (Wildman–Crippen LogP) is 10.4. The van der Waals surface area contributed by atoms with Gasteiger partial charge in [-0.3, -0.25) is 4.39 Å². The molecule has 0 spiro atoms. The molecule has 280 valence electrons. The topological polar surface area (TPSA) is 126 Å².